The summed E-state index contributed by atoms with van der Waals surface area (Å²) in [5, 5.41) is 9.83. The van der Waals surface area contributed by atoms with Gasteiger partial charge in [-0.1, -0.05) is 30.3 Å². The van der Waals surface area contributed by atoms with Crippen molar-refractivity contribution < 1.29 is 14.3 Å². The maximum atomic E-state index is 12.5. The smallest absolute Gasteiger partial charge is 0.338 e. The van der Waals surface area contributed by atoms with E-state index in [1.165, 1.54) is 0 Å². The summed E-state index contributed by atoms with van der Waals surface area (Å²) in [6, 6.07) is 15.4. The van der Waals surface area contributed by atoms with E-state index in [1.807, 2.05) is 42.5 Å². The highest BCUT2D eigenvalue weighted by molar-refractivity contribution is 5.93. The molecule has 0 saturated heterocycles. The van der Waals surface area contributed by atoms with Gasteiger partial charge in [-0.25, -0.2) is 4.79 Å². The fourth-order valence-corrected chi connectivity index (χ4v) is 2.95. The Bertz CT molecular complexity index is 871. The Kier molecular flexibility index (Phi) is 4.71. The first kappa shape index (κ1) is 16.6. The summed E-state index contributed by atoms with van der Waals surface area (Å²) < 4.78 is 12.8. The highest BCUT2D eigenvalue weighted by Gasteiger charge is 2.37. The Hall–Kier alpha value is -3.26. The number of aromatic nitrogens is 1. The fourth-order valence-electron chi connectivity index (χ4n) is 2.95. The molecule has 0 radical (unpaired) electrons. The first-order valence-corrected chi connectivity index (χ1v) is 8.05. The lowest BCUT2D eigenvalue weighted by molar-refractivity contribution is -0.139. The van der Waals surface area contributed by atoms with Crippen LogP contribution in [0, 0.1) is 11.3 Å². The normalized spacial score (nSPS) is 17.1. The van der Waals surface area contributed by atoms with Gasteiger partial charge in [0.25, 0.3) is 0 Å². The lowest BCUT2D eigenvalue weighted by Crippen LogP contribution is -2.24. The summed E-state index contributed by atoms with van der Waals surface area (Å²) >= 11 is 0. The van der Waals surface area contributed by atoms with E-state index >= 15 is 0 Å². The molecular weight excluding hydrogens is 316 g/mol. The van der Waals surface area contributed by atoms with Crippen LogP contribution in [-0.4, -0.2) is 17.1 Å². The predicted octanol–water partition coefficient (Wildman–Crippen LogP) is 3.83. The third-order valence-electron chi connectivity index (χ3n) is 4.02. The number of nitrogens with zero attached hydrogens (tertiary/aromatic N) is 2. The first-order chi connectivity index (χ1) is 12.2. The van der Waals surface area contributed by atoms with Gasteiger partial charge in [-0.2, -0.15) is 5.26 Å². The molecule has 0 unspecified atom stereocenters. The summed E-state index contributed by atoms with van der Waals surface area (Å²) in [6.45, 7) is 3.73. The Morgan fingerprint density at radius 1 is 1.24 bits per heavy atom. The zero-order valence-electron chi connectivity index (χ0n) is 14.1. The van der Waals surface area contributed by atoms with Crippen molar-refractivity contribution in [2.45, 2.75) is 19.8 Å². The number of esters is 1. The third-order valence-corrected chi connectivity index (χ3v) is 4.02. The molecule has 5 nitrogen and oxygen atoms in total. The second-order valence-electron chi connectivity index (χ2n) is 5.56. The van der Waals surface area contributed by atoms with Crippen LogP contribution in [0.1, 0.15) is 25.3 Å². The molecule has 1 aromatic heterocycles. The van der Waals surface area contributed by atoms with Gasteiger partial charge < -0.3 is 9.47 Å². The molecule has 1 atom stereocenters. The molecule has 0 amide bonds. The molecule has 126 valence electrons. The number of nitriles is 1. The Morgan fingerprint density at radius 3 is 2.52 bits per heavy atom. The maximum absolute atomic E-state index is 12.5. The largest absolute Gasteiger partial charge is 0.463 e. The van der Waals surface area contributed by atoms with Gasteiger partial charge in [-0.3, -0.25) is 4.57 Å². The zero-order valence-corrected chi connectivity index (χ0v) is 14.1. The van der Waals surface area contributed by atoms with Crippen molar-refractivity contribution in [2.24, 2.45) is 0 Å². The van der Waals surface area contributed by atoms with Crippen LogP contribution in [0.5, 0.6) is 0 Å². The van der Waals surface area contributed by atoms with Crippen molar-refractivity contribution in [1.82, 2.24) is 4.57 Å². The molecule has 1 aliphatic rings. The monoisotopic (exact) mass is 334 g/mol. The molecule has 1 aromatic carbocycles. The second-order valence-corrected chi connectivity index (χ2v) is 5.56. The van der Waals surface area contributed by atoms with Gasteiger partial charge in [0.05, 0.1) is 18.1 Å². The van der Waals surface area contributed by atoms with Gasteiger partial charge in [0.1, 0.15) is 17.4 Å². The summed E-state index contributed by atoms with van der Waals surface area (Å²) in [4.78, 5) is 12.5. The van der Waals surface area contributed by atoms with E-state index < -0.39 is 11.9 Å². The Labute approximate surface area is 146 Å². The summed E-state index contributed by atoms with van der Waals surface area (Å²) in [7, 11) is 0. The summed E-state index contributed by atoms with van der Waals surface area (Å²) in [5.41, 5.74) is 1.57. The lowest BCUT2D eigenvalue weighted by Gasteiger charge is -2.28. The summed E-state index contributed by atoms with van der Waals surface area (Å²) in [6.07, 6.45) is 3.61. The minimum Gasteiger partial charge on any atom is -0.463 e. The molecule has 5 heteroatoms. The fraction of sp³-hybridized carbons (Fsp3) is 0.200. The predicted molar refractivity (Wildman–Crippen MR) is 92.9 cm³/mol. The van der Waals surface area contributed by atoms with Crippen LogP contribution in [0.2, 0.25) is 0 Å². The van der Waals surface area contributed by atoms with Crippen molar-refractivity contribution in [3.63, 3.8) is 0 Å². The molecule has 1 aliphatic heterocycles. The van der Waals surface area contributed by atoms with Crippen LogP contribution in [0.4, 0.5) is 0 Å². The molecule has 0 saturated carbocycles. The van der Waals surface area contributed by atoms with E-state index in [0.717, 1.165) is 5.56 Å². The highest BCUT2D eigenvalue weighted by Crippen LogP contribution is 2.41. The van der Waals surface area contributed by atoms with Crippen LogP contribution in [0.15, 0.2) is 71.8 Å². The molecule has 2 heterocycles. The number of allylic oxidation sites excluding steroid dienone is 2. The van der Waals surface area contributed by atoms with E-state index in [2.05, 4.69) is 6.07 Å². The topological polar surface area (TPSA) is 64.2 Å². The van der Waals surface area contributed by atoms with Gasteiger partial charge in [-0.15, -0.1) is 0 Å². The van der Waals surface area contributed by atoms with Crippen LogP contribution in [-0.2, 0) is 14.3 Å². The van der Waals surface area contributed by atoms with Crippen LogP contribution in [0.25, 0.3) is 5.88 Å². The SMILES string of the molecule is CCOC(=O)C1=C(C)OC(n2cccc2)=C(C#N)[C@H]1c1ccccc1. The number of carbonyl (C=O) groups is 1. The van der Waals surface area contributed by atoms with E-state index in [4.69, 9.17) is 9.47 Å². The molecule has 2 aromatic rings. The van der Waals surface area contributed by atoms with Gasteiger partial charge in [-0.05, 0) is 31.5 Å². The highest BCUT2D eigenvalue weighted by atomic mass is 16.5. The average Bonchev–Trinajstić information content (AvgIpc) is 3.16. The molecule has 0 N–H and O–H groups in total. The van der Waals surface area contributed by atoms with E-state index in [9.17, 15) is 10.1 Å². The van der Waals surface area contributed by atoms with Crippen LogP contribution >= 0.6 is 0 Å². The van der Waals surface area contributed by atoms with Gasteiger partial charge in [0.15, 0.2) is 0 Å². The van der Waals surface area contributed by atoms with Crippen molar-refractivity contribution in [1.29, 1.82) is 5.26 Å². The Balaban J connectivity index is 2.20. The van der Waals surface area contributed by atoms with E-state index in [-0.39, 0.29) is 6.61 Å². The third kappa shape index (κ3) is 3.07. The number of rotatable bonds is 4. The number of hydrogen-bond donors (Lipinski definition) is 0. The Morgan fingerprint density at radius 2 is 1.92 bits per heavy atom. The van der Waals surface area contributed by atoms with Gasteiger partial charge >= 0.3 is 5.97 Å². The van der Waals surface area contributed by atoms with E-state index in [0.29, 0.717) is 22.8 Å². The minimum absolute atomic E-state index is 0.257. The zero-order chi connectivity index (χ0) is 17.8. The van der Waals surface area contributed by atoms with Crippen molar-refractivity contribution >= 4 is 11.9 Å². The quantitative estimate of drug-likeness (QED) is 0.797. The molecule has 0 aliphatic carbocycles. The van der Waals surface area contributed by atoms with E-state index in [1.54, 1.807) is 30.8 Å². The molecule has 0 fully saturated rings. The van der Waals surface area contributed by atoms with Crippen LogP contribution < -0.4 is 0 Å². The average molecular weight is 334 g/mol. The van der Waals surface area contributed by atoms with Crippen molar-refractivity contribution in [2.75, 3.05) is 6.61 Å². The van der Waals surface area contributed by atoms with Crippen molar-refractivity contribution in [3.05, 3.63) is 77.3 Å². The first-order valence-electron chi connectivity index (χ1n) is 8.05. The number of hydrogen-bond acceptors (Lipinski definition) is 4. The number of benzene rings is 1. The second kappa shape index (κ2) is 7.10. The van der Waals surface area contributed by atoms with Gasteiger partial charge in [0, 0.05) is 12.4 Å². The molecule has 25 heavy (non-hydrogen) atoms. The molecule has 0 bridgehead atoms. The van der Waals surface area contributed by atoms with Crippen molar-refractivity contribution in [3.8, 4) is 6.07 Å². The molecule has 0 spiro atoms. The number of ether oxygens (including phenoxy) is 2. The summed E-state index contributed by atoms with van der Waals surface area (Å²) in [5.74, 6) is -0.147. The lowest BCUT2D eigenvalue weighted by atomic mass is 9.83. The molecule has 3 rings (SSSR count). The number of carbonyl (C=O) groups excluding carboxylic acids is 1. The standard InChI is InChI=1S/C20H18N2O3/c1-3-24-20(23)17-14(2)25-19(22-11-7-8-12-22)16(13-21)18(17)15-9-5-4-6-10-15/h4-12,18H,3H2,1-2H3/t18-/m1/s1. The van der Waals surface area contributed by atoms with Gasteiger partial charge in [0.2, 0.25) is 5.88 Å². The maximum Gasteiger partial charge on any atom is 0.338 e. The molecular formula is C20H18N2O3. The van der Waals surface area contributed by atoms with Crippen LogP contribution in [0.3, 0.4) is 0 Å². The minimum atomic E-state index is -0.531.